The first kappa shape index (κ1) is 22.8. The molecule has 0 spiro atoms. The van der Waals surface area contributed by atoms with Gasteiger partial charge in [0.2, 0.25) is 5.91 Å². The Morgan fingerprint density at radius 1 is 1.03 bits per heavy atom. The van der Waals surface area contributed by atoms with E-state index in [0.717, 1.165) is 28.8 Å². The summed E-state index contributed by atoms with van der Waals surface area (Å²) < 4.78 is 16.7. The predicted molar refractivity (Wildman–Crippen MR) is 135 cm³/mol. The van der Waals surface area contributed by atoms with Gasteiger partial charge in [0.05, 0.1) is 11.4 Å². The minimum absolute atomic E-state index is 0.0633. The van der Waals surface area contributed by atoms with Crippen molar-refractivity contribution in [3.8, 4) is 11.1 Å². The van der Waals surface area contributed by atoms with Gasteiger partial charge in [0.25, 0.3) is 0 Å². The highest BCUT2D eigenvalue weighted by Crippen LogP contribution is 2.33. The Hall–Kier alpha value is -4.01. The molecule has 0 saturated carbocycles. The molecule has 3 aromatic heterocycles. The average Bonchev–Trinajstić information content (AvgIpc) is 3.10. The second kappa shape index (κ2) is 8.65. The predicted octanol–water partition coefficient (Wildman–Crippen LogP) is 4.37. The topological polar surface area (TPSA) is 102 Å². The van der Waals surface area contributed by atoms with Crippen LogP contribution in [0.4, 0.5) is 21.7 Å². The molecule has 0 atom stereocenters. The summed E-state index contributed by atoms with van der Waals surface area (Å²) >= 11 is 0. The van der Waals surface area contributed by atoms with Crippen LogP contribution < -0.4 is 11.1 Å². The van der Waals surface area contributed by atoms with Crippen molar-refractivity contribution in [3.63, 3.8) is 0 Å². The molecule has 5 rings (SSSR count). The number of amides is 1. The van der Waals surface area contributed by atoms with Crippen LogP contribution in [-0.2, 0) is 17.8 Å². The van der Waals surface area contributed by atoms with E-state index in [1.54, 1.807) is 23.1 Å². The molecule has 0 radical (unpaired) electrons. The Morgan fingerprint density at radius 3 is 2.60 bits per heavy atom. The number of anilines is 3. The number of carbonyl (C=O) groups is 1. The fourth-order valence-corrected chi connectivity index (χ4v) is 4.57. The van der Waals surface area contributed by atoms with Crippen molar-refractivity contribution in [2.45, 2.75) is 46.7 Å². The number of pyridine rings is 2. The highest BCUT2D eigenvalue weighted by Gasteiger charge is 2.24. The van der Waals surface area contributed by atoms with Gasteiger partial charge in [-0.1, -0.05) is 0 Å². The van der Waals surface area contributed by atoms with Gasteiger partial charge in [-0.3, -0.25) is 14.5 Å². The van der Waals surface area contributed by atoms with Gasteiger partial charge < -0.3 is 16.0 Å². The van der Waals surface area contributed by atoms with Gasteiger partial charge in [-0.05, 0) is 56.8 Å². The van der Waals surface area contributed by atoms with E-state index in [4.69, 9.17) is 5.73 Å². The van der Waals surface area contributed by atoms with Crippen LogP contribution in [0.25, 0.3) is 21.9 Å². The fourth-order valence-electron chi connectivity index (χ4n) is 4.57. The first-order chi connectivity index (χ1) is 16.7. The summed E-state index contributed by atoms with van der Waals surface area (Å²) in [6.07, 6.45) is 4.02. The molecule has 1 aliphatic heterocycles. The third-order valence-electron chi connectivity index (χ3n) is 6.64. The SMILES string of the molecule is Cc1ncc(-c2cc3cc(Nc4cc5n(n4)CC(=O)N(C(C)C)CC5)ncc3cc2F)c(C)c1N. The van der Waals surface area contributed by atoms with Gasteiger partial charge in [-0.15, -0.1) is 0 Å². The molecule has 1 aliphatic rings. The van der Waals surface area contributed by atoms with Crippen molar-refractivity contribution >= 4 is 34.0 Å². The zero-order chi connectivity index (χ0) is 24.9. The minimum atomic E-state index is -0.355. The third kappa shape index (κ3) is 4.18. The quantitative estimate of drug-likeness (QED) is 0.456. The Labute approximate surface area is 203 Å². The number of hydrogen-bond acceptors (Lipinski definition) is 6. The van der Waals surface area contributed by atoms with Crippen LogP contribution in [0.3, 0.4) is 0 Å². The Balaban J connectivity index is 1.45. The minimum Gasteiger partial charge on any atom is -0.397 e. The summed E-state index contributed by atoms with van der Waals surface area (Å²) in [5, 5.41) is 9.31. The van der Waals surface area contributed by atoms with Crippen LogP contribution in [0.5, 0.6) is 0 Å². The lowest BCUT2D eigenvalue weighted by molar-refractivity contribution is -0.133. The Morgan fingerprint density at radius 2 is 1.83 bits per heavy atom. The number of nitrogen functional groups attached to an aromatic ring is 1. The van der Waals surface area contributed by atoms with E-state index < -0.39 is 0 Å². The molecule has 9 heteroatoms. The van der Waals surface area contributed by atoms with Crippen molar-refractivity contribution < 1.29 is 9.18 Å². The van der Waals surface area contributed by atoms with Crippen LogP contribution in [0.1, 0.15) is 30.8 Å². The molecule has 0 bridgehead atoms. The zero-order valence-corrected chi connectivity index (χ0v) is 20.3. The number of aryl methyl sites for hydroxylation is 1. The molecule has 0 aliphatic carbocycles. The van der Waals surface area contributed by atoms with Crippen molar-refractivity contribution in [3.05, 3.63) is 59.4 Å². The fraction of sp³-hybridized carbons (Fsp3) is 0.308. The highest BCUT2D eigenvalue weighted by atomic mass is 19.1. The van der Waals surface area contributed by atoms with E-state index >= 15 is 0 Å². The molecule has 1 amide bonds. The average molecular weight is 474 g/mol. The second-order valence-corrected chi connectivity index (χ2v) is 9.28. The lowest BCUT2D eigenvalue weighted by atomic mass is 9.98. The largest absolute Gasteiger partial charge is 0.397 e. The van der Waals surface area contributed by atoms with Crippen LogP contribution in [-0.4, -0.2) is 43.1 Å². The number of aromatic nitrogens is 4. The van der Waals surface area contributed by atoms with Crippen molar-refractivity contribution in [2.24, 2.45) is 0 Å². The van der Waals surface area contributed by atoms with Crippen LogP contribution >= 0.6 is 0 Å². The Bertz CT molecular complexity index is 1460. The van der Waals surface area contributed by atoms with Gasteiger partial charge in [-0.2, -0.15) is 5.10 Å². The summed E-state index contributed by atoms with van der Waals surface area (Å²) in [4.78, 5) is 23.2. The molecule has 8 nitrogen and oxygen atoms in total. The summed E-state index contributed by atoms with van der Waals surface area (Å²) in [6.45, 7) is 8.63. The van der Waals surface area contributed by atoms with E-state index in [9.17, 15) is 9.18 Å². The molecule has 0 saturated heterocycles. The van der Waals surface area contributed by atoms with Crippen molar-refractivity contribution in [1.29, 1.82) is 0 Å². The molecule has 4 heterocycles. The van der Waals surface area contributed by atoms with Crippen molar-refractivity contribution in [2.75, 3.05) is 17.6 Å². The summed E-state index contributed by atoms with van der Waals surface area (Å²) in [5.41, 5.74) is 10.3. The molecular formula is C26H28FN7O. The van der Waals surface area contributed by atoms with Crippen LogP contribution in [0.2, 0.25) is 0 Å². The molecule has 35 heavy (non-hydrogen) atoms. The van der Waals surface area contributed by atoms with Crippen LogP contribution in [0.15, 0.2) is 36.7 Å². The van der Waals surface area contributed by atoms with Crippen LogP contribution in [0, 0.1) is 19.7 Å². The maximum atomic E-state index is 15.0. The molecule has 180 valence electrons. The van der Waals surface area contributed by atoms with E-state index in [2.05, 4.69) is 20.4 Å². The Kier molecular flexibility index (Phi) is 5.62. The number of nitrogens with two attached hydrogens (primary N) is 1. The molecular weight excluding hydrogens is 445 g/mol. The van der Waals surface area contributed by atoms with E-state index in [1.165, 1.54) is 6.07 Å². The number of halogens is 1. The van der Waals surface area contributed by atoms with Gasteiger partial charge in [0.1, 0.15) is 18.2 Å². The maximum Gasteiger partial charge on any atom is 0.244 e. The third-order valence-corrected chi connectivity index (χ3v) is 6.64. The smallest absolute Gasteiger partial charge is 0.244 e. The van der Waals surface area contributed by atoms with Gasteiger partial charge in [0, 0.05) is 59.7 Å². The molecule has 1 aromatic carbocycles. The summed E-state index contributed by atoms with van der Waals surface area (Å²) in [7, 11) is 0. The highest BCUT2D eigenvalue weighted by molar-refractivity contribution is 5.90. The van der Waals surface area contributed by atoms with Gasteiger partial charge >= 0.3 is 0 Å². The number of fused-ring (bicyclic) bond motifs is 2. The second-order valence-electron chi connectivity index (χ2n) is 9.28. The normalized spacial score (nSPS) is 13.9. The summed E-state index contributed by atoms with van der Waals surface area (Å²) in [6, 6.07) is 7.23. The van der Waals surface area contributed by atoms with Gasteiger partial charge in [0.15, 0.2) is 5.82 Å². The molecule has 4 aromatic rings. The summed E-state index contributed by atoms with van der Waals surface area (Å²) in [5.74, 6) is 0.905. The number of nitrogens with zero attached hydrogens (tertiary/aromatic N) is 5. The number of nitrogens with one attached hydrogen (secondary N) is 1. The molecule has 0 unspecified atom stereocenters. The van der Waals surface area contributed by atoms with Gasteiger partial charge in [-0.25, -0.2) is 9.37 Å². The van der Waals surface area contributed by atoms with E-state index in [-0.39, 0.29) is 24.3 Å². The number of rotatable bonds is 4. The number of benzene rings is 1. The van der Waals surface area contributed by atoms with E-state index in [1.807, 2.05) is 44.7 Å². The first-order valence-electron chi connectivity index (χ1n) is 11.7. The van der Waals surface area contributed by atoms with E-state index in [0.29, 0.717) is 40.4 Å². The number of carbonyl (C=O) groups excluding carboxylic acids is 1. The lowest BCUT2D eigenvalue weighted by Gasteiger charge is -2.24. The van der Waals surface area contributed by atoms with Crippen molar-refractivity contribution in [1.82, 2.24) is 24.6 Å². The molecule has 3 N–H and O–H groups in total. The first-order valence-corrected chi connectivity index (χ1v) is 11.7. The monoisotopic (exact) mass is 473 g/mol. The standard InChI is InChI=1S/C26H28FN7O/c1-14(2)33-6-5-19-10-24(32-34(19)13-25(33)35)31-23-9-17-7-20(22(27)8-18(17)11-30-23)21-12-29-16(4)26(28)15(21)3/h7-12,14H,5-6,13,28H2,1-4H3,(H,30,31,32). The molecule has 0 fully saturated rings. The number of hydrogen-bond donors (Lipinski definition) is 2. The lowest BCUT2D eigenvalue weighted by Crippen LogP contribution is -2.38. The zero-order valence-electron chi connectivity index (χ0n) is 20.3. The maximum absolute atomic E-state index is 15.0.